The van der Waals surface area contributed by atoms with Gasteiger partial charge in [0, 0.05) is 32.6 Å². The van der Waals surface area contributed by atoms with Crippen LogP contribution in [0.4, 0.5) is 0 Å². The van der Waals surface area contributed by atoms with Crippen LogP contribution in [0.1, 0.15) is 40.5 Å². The number of hydrogen-bond acceptors (Lipinski definition) is 8. The molecule has 0 spiro atoms. The maximum Gasteiger partial charge on any atom is 0.308 e. The van der Waals surface area contributed by atoms with Gasteiger partial charge in [-0.25, -0.2) is 0 Å². The Hall–Kier alpha value is -1.74. The molecule has 2 aliphatic rings. The summed E-state index contributed by atoms with van der Waals surface area (Å²) in [5, 5.41) is 9.88. The number of esters is 2. The van der Waals surface area contributed by atoms with Crippen LogP contribution in [0.3, 0.4) is 0 Å². The monoisotopic (exact) mass is 426 g/mol. The Kier molecular flexibility index (Phi) is 9.03. The number of carbonyl (C=O) groups excluding carboxylic acids is 2. The smallest absolute Gasteiger partial charge is 0.308 e. The Balaban J connectivity index is 2.34. The second-order valence-corrected chi connectivity index (χ2v) is 8.43. The third-order valence-electron chi connectivity index (χ3n) is 5.03. The van der Waals surface area contributed by atoms with Gasteiger partial charge in [0.05, 0.1) is 18.6 Å². The van der Waals surface area contributed by atoms with Crippen molar-refractivity contribution in [2.45, 2.75) is 59.2 Å². The van der Waals surface area contributed by atoms with E-state index < -0.39 is 30.6 Å². The summed E-state index contributed by atoms with van der Waals surface area (Å²) in [5.41, 5.74) is 1.96. The molecule has 2 rings (SSSR count). The van der Waals surface area contributed by atoms with Crippen molar-refractivity contribution in [3.63, 3.8) is 0 Å². The molecule has 0 radical (unpaired) electrons. The van der Waals surface area contributed by atoms with Crippen molar-refractivity contribution in [2.24, 2.45) is 17.8 Å². The zero-order valence-electron chi connectivity index (χ0n) is 18.7. The lowest BCUT2D eigenvalue weighted by molar-refractivity contribution is -0.242. The Morgan fingerprint density at radius 1 is 1.07 bits per heavy atom. The van der Waals surface area contributed by atoms with E-state index in [0.29, 0.717) is 17.6 Å². The van der Waals surface area contributed by atoms with E-state index in [1.165, 1.54) is 7.11 Å². The highest BCUT2D eigenvalue weighted by Crippen LogP contribution is 2.44. The highest BCUT2D eigenvalue weighted by molar-refractivity contribution is 5.70. The van der Waals surface area contributed by atoms with Crippen molar-refractivity contribution in [1.29, 1.82) is 0 Å². The molecule has 0 saturated carbocycles. The Morgan fingerprint density at radius 2 is 1.70 bits per heavy atom. The molecule has 0 aromatic carbocycles. The van der Waals surface area contributed by atoms with Gasteiger partial charge in [-0.05, 0) is 29.1 Å². The maximum atomic E-state index is 12.3. The summed E-state index contributed by atoms with van der Waals surface area (Å²) in [6.07, 6.45) is 0.0150. The standard InChI is InChI=1S/C22H34O8/c1-12(2)7-17(24)28-11-15-20-16(26-5)9-14(10-23)19(20)22(30-21(15)27-6)29-18(25)8-13(3)4/h9,12-13,16,19,21-23H,7-8,10-11H2,1-6H3/t16-,19+,21-,22+/m0/s1. The van der Waals surface area contributed by atoms with Crippen LogP contribution in [0.15, 0.2) is 22.8 Å². The lowest BCUT2D eigenvalue weighted by Gasteiger charge is -2.38. The lowest BCUT2D eigenvalue weighted by atomic mass is 9.88. The van der Waals surface area contributed by atoms with Gasteiger partial charge >= 0.3 is 11.9 Å². The number of hydrogen-bond donors (Lipinski definition) is 1. The minimum atomic E-state index is -0.968. The minimum absolute atomic E-state index is 0.0328. The van der Waals surface area contributed by atoms with Crippen molar-refractivity contribution in [3.05, 3.63) is 22.8 Å². The quantitative estimate of drug-likeness (QED) is 0.420. The molecule has 1 aliphatic carbocycles. The number of rotatable bonds is 10. The fourth-order valence-corrected chi connectivity index (χ4v) is 3.74. The van der Waals surface area contributed by atoms with Crippen molar-refractivity contribution < 1.29 is 38.4 Å². The fraction of sp³-hybridized carbons (Fsp3) is 0.727. The van der Waals surface area contributed by atoms with Gasteiger partial charge in [0.15, 0.2) is 6.29 Å². The van der Waals surface area contributed by atoms with Crippen LogP contribution in [-0.4, -0.2) is 63.2 Å². The maximum absolute atomic E-state index is 12.3. The summed E-state index contributed by atoms with van der Waals surface area (Å²) in [7, 11) is 3.01. The summed E-state index contributed by atoms with van der Waals surface area (Å²) in [6, 6.07) is 0. The molecule has 1 heterocycles. The van der Waals surface area contributed by atoms with Crippen molar-refractivity contribution in [1.82, 2.24) is 0 Å². The first-order chi connectivity index (χ1) is 14.2. The molecule has 8 heteroatoms. The molecule has 170 valence electrons. The van der Waals surface area contributed by atoms with Gasteiger partial charge in [-0.2, -0.15) is 0 Å². The summed E-state index contributed by atoms with van der Waals surface area (Å²) < 4.78 is 28.1. The van der Waals surface area contributed by atoms with Crippen LogP contribution in [0.25, 0.3) is 0 Å². The number of methoxy groups -OCH3 is 2. The Labute approximate surface area is 178 Å². The molecule has 1 N–H and O–H groups in total. The zero-order chi connectivity index (χ0) is 22.4. The first-order valence-electron chi connectivity index (χ1n) is 10.3. The van der Waals surface area contributed by atoms with Gasteiger partial charge in [0.2, 0.25) is 6.29 Å². The second kappa shape index (κ2) is 11.0. The number of aliphatic hydroxyl groups is 1. The Morgan fingerprint density at radius 3 is 2.23 bits per heavy atom. The summed E-state index contributed by atoms with van der Waals surface area (Å²) >= 11 is 0. The van der Waals surface area contributed by atoms with Crippen LogP contribution >= 0.6 is 0 Å². The molecule has 1 aliphatic heterocycles. The highest BCUT2D eigenvalue weighted by Gasteiger charge is 2.47. The van der Waals surface area contributed by atoms with E-state index in [1.807, 2.05) is 27.7 Å². The van der Waals surface area contributed by atoms with Crippen molar-refractivity contribution in [3.8, 4) is 0 Å². The summed E-state index contributed by atoms with van der Waals surface area (Å²) in [5.74, 6) is -0.935. The normalized spacial score (nSPS) is 26.1. The fourth-order valence-electron chi connectivity index (χ4n) is 3.74. The average molecular weight is 427 g/mol. The molecule has 0 bridgehead atoms. The number of ether oxygens (including phenoxy) is 5. The van der Waals surface area contributed by atoms with Crippen LogP contribution in [0.2, 0.25) is 0 Å². The molecule has 0 aromatic heterocycles. The molecule has 0 amide bonds. The molecular weight excluding hydrogens is 392 g/mol. The first kappa shape index (κ1) is 24.5. The molecule has 30 heavy (non-hydrogen) atoms. The summed E-state index contributed by atoms with van der Waals surface area (Å²) in [6.45, 7) is 7.44. The Bertz CT molecular complexity index is 679. The van der Waals surface area contributed by atoms with E-state index in [9.17, 15) is 14.7 Å². The van der Waals surface area contributed by atoms with Gasteiger partial charge < -0.3 is 28.8 Å². The number of fused-ring (bicyclic) bond motifs is 1. The van der Waals surface area contributed by atoms with Crippen molar-refractivity contribution in [2.75, 3.05) is 27.4 Å². The number of carbonyl (C=O) groups is 2. The predicted molar refractivity (Wildman–Crippen MR) is 108 cm³/mol. The molecule has 0 saturated heterocycles. The average Bonchev–Trinajstić information content (AvgIpc) is 3.04. The molecule has 8 nitrogen and oxygen atoms in total. The van der Waals surface area contributed by atoms with E-state index in [4.69, 9.17) is 23.7 Å². The largest absolute Gasteiger partial charge is 0.461 e. The molecule has 0 unspecified atom stereocenters. The van der Waals surface area contributed by atoms with Gasteiger partial charge in [-0.15, -0.1) is 0 Å². The molecule has 4 atom stereocenters. The SMILES string of the molecule is CO[C@H]1O[C@@H](OC(=O)CC(C)C)[C@@H]2C(CO)=C[C@H](OC)C2=C1COC(=O)CC(C)C. The van der Waals surface area contributed by atoms with Crippen LogP contribution < -0.4 is 0 Å². The van der Waals surface area contributed by atoms with E-state index in [1.54, 1.807) is 13.2 Å². The molecular formula is C22H34O8. The van der Waals surface area contributed by atoms with Crippen LogP contribution in [0.5, 0.6) is 0 Å². The molecule has 0 fully saturated rings. The van der Waals surface area contributed by atoms with E-state index in [0.717, 1.165) is 5.57 Å². The van der Waals surface area contributed by atoms with E-state index in [-0.39, 0.29) is 37.4 Å². The van der Waals surface area contributed by atoms with E-state index in [2.05, 4.69) is 0 Å². The third kappa shape index (κ3) is 5.91. The third-order valence-corrected chi connectivity index (χ3v) is 5.03. The van der Waals surface area contributed by atoms with Gasteiger partial charge in [-0.3, -0.25) is 9.59 Å². The second-order valence-electron chi connectivity index (χ2n) is 8.43. The van der Waals surface area contributed by atoms with Crippen LogP contribution in [0, 0.1) is 17.8 Å². The van der Waals surface area contributed by atoms with E-state index >= 15 is 0 Å². The zero-order valence-corrected chi connectivity index (χ0v) is 18.7. The van der Waals surface area contributed by atoms with Crippen molar-refractivity contribution >= 4 is 11.9 Å². The lowest BCUT2D eigenvalue weighted by Crippen LogP contribution is -2.44. The topological polar surface area (TPSA) is 101 Å². The minimum Gasteiger partial charge on any atom is -0.461 e. The summed E-state index contributed by atoms with van der Waals surface area (Å²) in [4.78, 5) is 24.4. The predicted octanol–water partition coefficient (Wildman–Crippen LogP) is 2.35. The first-order valence-corrected chi connectivity index (χ1v) is 10.3. The highest BCUT2D eigenvalue weighted by atomic mass is 16.8. The van der Waals surface area contributed by atoms with Gasteiger partial charge in [-0.1, -0.05) is 27.7 Å². The van der Waals surface area contributed by atoms with Crippen LogP contribution in [-0.2, 0) is 33.3 Å². The number of aliphatic hydroxyl groups excluding tert-OH is 1. The molecule has 0 aromatic rings. The van der Waals surface area contributed by atoms with Gasteiger partial charge in [0.1, 0.15) is 6.61 Å². The van der Waals surface area contributed by atoms with Gasteiger partial charge in [0.25, 0.3) is 0 Å².